The zero-order valence-corrected chi connectivity index (χ0v) is 60.5. The number of hydrogen-bond acceptors (Lipinski definition) is 14. The minimum absolute atomic E-state index is 0.00317. The number of likely N-dealkylation sites (N-methyl/N-ethyl adjacent to an activating group) is 6. The molecule has 0 bridgehead atoms. The van der Waals surface area contributed by atoms with Crippen molar-refractivity contribution in [1.82, 2.24) is 60.9 Å². The van der Waals surface area contributed by atoms with E-state index in [1.807, 2.05) is 48.5 Å². The molecule has 0 saturated carbocycles. The molecule has 14 atom stereocenters. The molecule has 93 heavy (non-hydrogen) atoms. The molecule has 0 aliphatic carbocycles. The highest BCUT2D eigenvalue weighted by Crippen LogP contribution is 2.26. The Labute approximate surface area is 556 Å². The number of nitriles is 1. The largest absolute Gasteiger partial charge is 0.390 e. The Kier molecular flexibility index (Phi) is 33.7. The van der Waals surface area contributed by atoms with Gasteiger partial charge in [-0.05, 0) is 140 Å². The molecule has 0 aromatic rings. The smallest absolute Gasteiger partial charge is 0.246 e. The van der Waals surface area contributed by atoms with Gasteiger partial charge in [-0.25, -0.2) is 0 Å². The zero-order valence-electron chi connectivity index (χ0n) is 60.5. The molecule has 14 unspecified atom stereocenters. The lowest BCUT2D eigenvalue weighted by Gasteiger charge is -2.41. The van der Waals surface area contributed by atoms with E-state index in [4.69, 9.17) is 0 Å². The summed E-state index contributed by atoms with van der Waals surface area (Å²) in [5.41, 5.74) is 0. The number of carbonyl (C=O) groups excluding carboxylic acids is 11. The van der Waals surface area contributed by atoms with Gasteiger partial charge in [-0.3, -0.25) is 52.7 Å². The minimum atomic E-state index is -1.64. The Bertz CT molecular complexity index is 2620. The Balaban J connectivity index is 3.01. The first-order chi connectivity index (χ1) is 43.2. The van der Waals surface area contributed by atoms with Crippen molar-refractivity contribution in [3.8, 4) is 6.07 Å². The molecule has 2 aliphatic heterocycles. The molecule has 2 heterocycles. The highest BCUT2D eigenvalue weighted by atomic mass is 16.3. The van der Waals surface area contributed by atoms with Gasteiger partial charge in [0.05, 0.1) is 12.2 Å². The van der Waals surface area contributed by atoms with Gasteiger partial charge in [0.1, 0.15) is 66.5 Å². The Hall–Kier alpha value is -6.68. The molecule has 2 saturated heterocycles. The number of nitrogens with zero attached hydrogens (tertiary/aromatic N) is 8. The van der Waals surface area contributed by atoms with Crippen LogP contribution < -0.4 is 26.6 Å². The van der Waals surface area contributed by atoms with Crippen LogP contribution in [0.2, 0.25) is 0 Å². The van der Waals surface area contributed by atoms with E-state index in [2.05, 4.69) is 37.6 Å². The van der Waals surface area contributed by atoms with E-state index in [0.717, 1.165) is 9.80 Å². The maximum atomic E-state index is 15.2. The molecule has 11 amide bonds. The Morgan fingerprint density at radius 3 is 1.47 bits per heavy atom. The summed E-state index contributed by atoms with van der Waals surface area (Å²) < 4.78 is 0. The van der Waals surface area contributed by atoms with E-state index < -0.39 is 161 Å². The van der Waals surface area contributed by atoms with Crippen LogP contribution in [0.15, 0.2) is 12.2 Å². The van der Waals surface area contributed by atoms with Crippen LogP contribution in [-0.4, -0.2) is 239 Å². The topological polar surface area (TPSA) is 315 Å². The number of amides is 11. The van der Waals surface area contributed by atoms with E-state index in [9.17, 15) is 43.9 Å². The average Bonchev–Trinajstić information content (AvgIpc) is 0.830. The fourth-order valence-corrected chi connectivity index (χ4v) is 12.3. The summed E-state index contributed by atoms with van der Waals surface area (Å²) in [5.74, 6) is -10.6. The van der Waals surface area contributed by atoms with Crippen molar-refractivity contribution in [2.45, 2.75) is 242 Å². The van der Waals surface area contributed by atoms with E-state index in [0.29, 0.717) is 45.3 Å². The van der Waals surface area contributed by atoms with Crippen molar-refractivity contribution in [3.05, 3.63) is 12.2 Å². The third kappa shape index (κ3) is 23.0. The van der Waals surface area contributed by atoms with Crippen LogP contribution in [0.5, 0.6) is 0 Å². The maximum Gasteiger partial charge on any atom is 0.246 e. The SMILES string of the molecule is CC=CCC(C)C(O)C1C(=O)NC(CC)C(=O)N(C)C(C)C(=O)N(C)C(C(C)CCN2CCC(C#N)CC2)C(=O)NC(C(C)C)C(=O)N(C)C(CC(C)C)C(=O)NC(C)C(=O)NC(C)C(=O)NC(CC(C)C)C(=O)N(C)C(CC(C)C)C(=O)N(C)C(C(C)C)C(=O)N1C. The summed E-state index contributed by atoms with van der Waals surface area (Å²) in [7, 11) is 8.50. The number of likely N-dealkylation sites (tertiary alicyclic amines) is 1. The van der Waals surface area contributed by atoms with E-state index in [1.165, 1.54) is 82.7 Å². The monoisotopic (exact) mass is 1310 g/mol. The summed E-state index contributed by atoms with van der Waals surface area (Å²) in [6.07, 6.45) is 4.52. The molecule has 0 aromatic heterocycles. The summed E-state index contributed by atoms with van der Waals surface area (Å²) in [6.45, 7) is 31.2. The van der Waals surface area contributed by atoms with Crippen molar-refractivity contribution in [2.24, 2.45) is 47.3 Å². The van der Waals surface area contributed by atoms with E-state index in [1.54, 1.807) is 60.6 Å². The van der Waals surface area contributed by atoms with Gasteiger partial charge in [0.2, 0.25) is 65.0 Å². The first kappa shape index (κ1) is 82.4. The van der Waals surface area contributed by atoms with Crippen molar-refractivity contribution in [2.75, 3.05) is 61.9 Å². The predicted octanol–water partition coefficient (Wildman–Crippen LogP) is 3.53. The molecule has 2 fully saturated rings. The Morgan fingerprint density at radius 1 is 0.516 bits per heavy atom. The highest BCUT2D eigenvalue weighted by molar-refractivity contribution is 6.00. The van der Waals surface area contributed by atoms with Gasteiger partial charge in [0.25, 0.3) is 0 Å². The molecular weight excluding hydrogens is 1190 g/mol. The van der Waals surface area contributed by atoms with Crippen LogP contribution >= 0.6 is 0 Å². The van der Waals surface area contributed by atoms with Crippen molar-refractivity contribution >= 4 is 65.0 Å². The molecule has 6 N–H and O–H groups in total. The standard InChI is InChI=1S/C68H119N13O12/c1-24-26-27-44(14)57(82)56-62(87)72-49(25-2)64(89)75(18)47(17)63(88)79(22)55(43(13)28-31-81-32-29-48(37-69)30-33-81)61(86)74-53(41(9)10)67(92)76(19)51(35-39(5)6)60(85)71-45(15)58(83)70-46(16)59(84)73-50(34-38(3)4)65(90)77(20)52(36-40(7)8)66(91)78(21)54(42(11)12)68(93)80(56)23/h24,26,38-57,82H,25,27-36H2,1-23H3,(H,70,83)(H,71,85)(H,72,87)(H,73,84)(H,74,86). The van der Waals surface area contributed by atoms with Gasteiger partial charge in [0, 0.05) is 48.2 Å². The van der Waals surface area contributed by atoms with Crippen LogP contribution in [0.4, 0.5) is 0 Å². The number of piperidine rings is 1. The van der Waals surface area contributed by atoms with Gasteiger partial charge in [0.15, 0.2) is 0 Å². The van der Waals surface area contributed by atoms with Gasteiger partial charge >= 0.3 is 0 Å². The van der Waals surface area contributed by atoms with Crippen molar-refractivity contribution in [3.63, 3.8) is 0 Å². The first-order valence-electron chi connectivity index (χ1n) is 33.8. The second kappa shape index (κ2) is 38.0. The molecule has 0 aromatic carbocycles. The second-order valence-corrected chi connectivity index (χ2v) is 28.4. The summed E-state index contributed by atoms with van der Waals surface area (Å²) in [4.78, 5) is 172. The molecular formula is C68H119N13O12. The number of carbonyl (C=O) groups is 11. The van der Waals surface area contributed by atoms with Gasteiger partial charge in [-0.2, -0.15) is 5.26 Å². The maximum absolute atomic E-state index is 15.2. The first-order valence-corrected chi connectivity index (χ1v) is 33.8. The Morgan fingerprint density at radius 2 is 0.978 bits per heavy atom. The second-order valence-electron chi connectivity index (χ2n) is 28.4. The van der Waals surface area contributed by atoms with E-state index in [-0.39, 0.29) is 49.4 Å². The van der Waals surface area contributed by atoms with E-state index >= 15 is 19.2 Å². The zero-order chi connectivity index (χ0) is 71.4. The summed E-state index contributed by atoms with van der Waals surface area (Å²) in [5, 5.41) is 35.6. The third-order valence-electron chi connectivity index (χ3n) is 18.5. The lowest BCUT2D eigenvalue weighted by atomic mass is 9.91. The molecule has 528 valence electrons. The van der Waals surface area contributed by atoms with Crippen LogP contribution in [0.1, 0.15) is 169 Å². The minimum Gasteiger partial charge on any atom is -0.390 e. The van der Waals surface area contributed by atoms with Gasteiger partial charge in [-0.1, -0.05) is 102 Å². The number of aliphatic hydroxyl groups is 1. The number of nitrogens with one attached hydrogen (secondary N) is 5. The molecule has 0 spiro atoms. The predicted molar refractivity (Wildman–Crippen MR) is 358 cm³/mol. The molecule has 2 rings (SSSR count). The molecule has 2 aliphatic rings. The lowest BCUT2D eigenvalue weighted by molar-refractivity contribution is -0.156. The van der Waals surface area contributed by atoms with Crippen LogP contribution in [0.25, 0.3) is 0 Å². The summed E-state index contributed by atoms with van der Waals surface area (Å²) in [6, 6.07) is -11.6. The molecule has 25 nitrogen and oxygen atoms in total. The van der Waals surface area contributed by atoms with Crippen LogP contribution in [0, 0.1) is 58.7 Å². The van der Waals surface area contributed by atoms with Crippen molar-refractivity contribution < 1.29 is 57.8 Å². The lowest BCUT2D eigenvalue weighted by Crippen LogP contribution is -2.64. The van der Waals surface area contributed by atoms with Crippen LogP contribution in [0.3, 0.4) is 0 Å². The highest BCUT2D eigenvalue weighted by Gasteiger charge is 2.46. The quantitative estimate of drug-likeness (QED) is 0.114. The molecule has 25 heteroatoms. The van der Waals surface area contributed by atoms with Gasteiger partial charge < -0.3 is 66.0 Å². The van der Waals surface area contributed by atoms with Crippen LogP contribution in [-0.2, 0) is 52.7 Å². The number of hydrogen-bond donors (Lipinski definition) is 6. The van der Waals surface area contributed by atoms with Crippen molar-refractivity contribution in [1.29, 1.82) is 5.26 Å². The normalized spacial score (nSPS) is 27.9. The number of allylic oxidation sites excluding steroid dienone is 2. The third-order valence-corrected chi connectivity index (χ3v) is 18.5. The fourth-order valence-electron chi connectivity index (χ4n) is 12.3. The number of aliphatic hydroxyl groups excluding tert-OH is 1. The fraction of sp³-hybridized carbons (Fsp3) is 0.794. The summed E-state index contributed by atoms with van der Waals surface area (Å²) >= 11 is 0. The molecule has 0 radical (unpaired) electrons. The average molecular weight is 1310 g/mol. The number of rotatable bonds is 17. The van der Waals surface area contributed by atoms with Gasteiger partial charge in [-0.15, -0.1) is 0 Å².